The Hall–Kier alpha value is -2.20. The van der Waals surface area contributed by atoms with Gasteiger partial charge in [0.05, 0.1) is 0 Å². The van der Waals surface area contributed by atoms with Crippen molar-refractivity contribution in [2.75, 3.05) is 19.6 Å². The molecule has 2 fully saturated rings. The fourth-order valence-electron chi connectivity index (χ4n) is 4.66. The average molecular weight is 420 g/mol. The number of benzene rings is 1. The van der Waals surface area contributed by atoms with Gasteiger partial charge in [0.25, 0.3) is 0 Å². The number of carbonyl (C=O) groups is 1. The van der Waals surface area contributed by atoms with Crippen LogP contribution in [0.3, 0.4) is 0 Å². The van der Waals surface area contributed by atoms with Gasteiger partial charge in [-0.15, -0.1) is 0 Å². The van der Waals surface area contributed by atoms with Crippen LogP contribution in [-0.4, -0.2) is 40.3 Å². The summed E-state index contributed by atoms with van der Waals surface area (Å²) in [5.41, 5.74) is 4.37. The van der Waals surface area contributed by atoms with Crippen molar-refractivity contribution < 1.29 is 4.79 Å². The number of aryl methyl sites for hydroxylation is 1. The topological polar surface area (TPSA) is 36.4 Å². The van der Waals surface area contributed by atoms with Crippen molar-refractivity contribution in [1.82, 2.24) is 14.8 Å². The van der Waals surface area contributed by atoms with Crippen molar-refractivity contribution in [1.29, 1.82) is 0 Å². The van der Waals surface area contributed by atoms with Gasteiger partial charge in [0.2, 0.25) is 5.91 Å². The molecule has 0 bridgehead atoms. The summed E-state index contributed by atoms with van der Waals surface area (Å²) in [6.07, 6.45) is 10.3. The minimum atomic E-state index is 0.319. The number of nitrogens with zero attached hydrogens (tertiary/aromatic N) is 3. The quantitative estimate of drug-likeness (QED) is 0.560. The Kier molecular flexibility index (Phi) is 7.06. The lowest BCUT2D eigenvalue weighted by molar-refractivity contribution is -0.133. The van der Waals surface area contributed by atoms with E-state index in [1.165, 1.54) is 36.8 Å². The molecule has 4 rings (SSSR count). The molecule has 0 unspecified atom stereocenters. The SMILES string of the molecule is Cc1ccccc1CN1CCC(CN(Cc2cccnc2)C(=O)CCC2(C)CC2)CC1. The zero-order chi connectivity index (χ0) is 21.7. The number of amides is 1. The zero-order valence-electron chi connectivity index (χ0n) is 19.2. The first-order valence-corrected chi connectivity index (χ1v) is 11.9. The van der Waals surface area contributed by atoms with E-state index in [4.69, 9.17) is 0 Å². The van der Waals surface area contributed by atoms with E-state index in [2.05, 4.69) is 59.0 Å². The molecule has 1 aromatic carbocycles. The Morgan fingerprint density at radius 3 is 2.61 bits per heavy atom. The lowest BCUT2D eigenvalue weighted by atomic mass is 9.94. The van der Waals surface area contributed by atoms with E-state index in [0.29, 0.717) is 30.2 Å². The van der Waals surface area contributed by atoms with Crippen LogP contribution in [0, 0.1) is 18.3 Å². The van der Waals surface area contributed by atoms with Crippen LogP contribution in [-0.2, 0) is 17.9 Å². The molecular formula is C27H37N3O. The number of pyridine rings is 1. The Bertz CT molecular complexity index is 854. The highest BCUT2D eigenvalue weighted by Crippen LogP contribution is 2.49. The molecule has 0 spiro atoms. The van der Waals surface area contributed by atoms with Crippen LogP contribution in [0.5, 0.6) is 0 Å². The second kappa shape index (κ2) is 9.95. The van der Waals surface area contributed by atoms with E-state index >= 15 is 0 Å². The third-order valence-electron chi connectivity index (χ3n) is 7.34. The largest absolute Gasteiger partial charge is 0.338 e. The second-order valence-electron chi connectivity index (χ2n) is 10.1. The summed E-state index contributed by atoms with van der Waals surface area (Å²) in [5.74, 6) is 0.907. The monoisotopic (exact) mass is 419 g/mol. The van der Waals surface area contributed by atoms with Gasteiger partial charge >= 0.3 is 0 Å². The first kappa shape index (κ1) is 22.0. The van der Waals surface area contributed by atoms with Gasteiger partial charge in [-0.3, -0.25) is 14.7 Å². The molecule has 1 aliphatic heterocycles. The molecule has 2 heterocycles. The zero-order valence-corrected chi connectivity index (χ0v) is 19.2. The number of carbonyl (C=O) groups excluding carboxylic acids is 1. The van der Waals surface area contributed by atoms with Crippen LogP contribution in [0.1, 0.15) is 62.1 Å². The van der Waals surface area contributed by atoms with E-state index in [0.717, 1.165) is 38.2 Å². The van der Waals surface area contributed by atoms with Crippen LogP contribution in [0.4, 0.5) is 0 Å². The van der Waals surface area contributed by atoms with E-state index in [-0.39, 0.29) is 0 Å². The number of piperidine rings is 1. The maximum Gasteiger partial charge on any atom is 0.222 e. The van der Waals surface area contributed by atoms with Crippen molar-refractivity contribution in [2.24, 2.45) is 11.3 Å². The Morgan fingerprint density at radius 1 is 1.16 bits per heavy atom. The molecule has 1 amide bonds. The van der Waals surface area contributed by atoms with Gasteiger partial charge in [0.1, 0.15) is 0 Å². The van der Waals surface area contributed by atoms with Gasteiger partial charge < -0.3 is 4.90 Å². The van der Waals surface area contributed by atoms with Crippen molar-refractivity contribution in [2.45, 2.75) is 65.5 Å². The Morgan fingerprint density at radius 2 is 1.94 bits per heavy atom. The highest BCUT2D eigenvalue weighted by atomic mass is 16.2. The number of rotatable bonds is 9. The van der Waals surface area contributed by atoms with E-state index in [1.807, 2.05) is 12.3 Å². The first-order valence-electron chi connectivity index (χ1n) is 11.9. The van der Waals surface area contributed by atoms with Crippen LogP contribution in [0.2, 0.25) is 0 Å². The van der Waals surface area contributed by atoms with Crippen molar-refractivity contribution in [3.05, 3.63) is 65.5 Å². The molecular weight excluding hydrogens is 382 g/mol. The minimum Gasteiger partial charge on any atom is -0.338 e. The molecule has 4 heteroatoms. The fourth-order valence-corrected chi connectivity index (χ4v) is 4.66. The number of hydrogen-bond donors (Lipinski definition) is 0. The lowest BCUT2D eigenvalue weighted by Crippen LogP contribution is -2.40. The van der Waals surface area contributed by atoms with E-state index < -0.39 is 0 Å². The van der Waals surface area contributed by atoms with E-state index in [1.54, 1.807) is 6.20 Å². The summed E-state index contributed by atoms with van der Waals surface area (Å²) >= 11 is 0. The summed E-state index contributed by atoms with van der Waals surface area (Å²) < 4.78 is 0. The second-order valence-corrected chi connectivity index (χ2v) is 10.1. The van der Waals surface area contributed by atoms with Gasteiger partial charge in [-0.25, -0.2) is 0 Å². The summed E-state index contributed by atoms with van der Waals surface area (Å²) in [6, 6.07) is 12.7. The third-order valence-corrected chi connectivity index (χ3v) is 7.34. The molecule has 0 atom stereocenters. The van der Waals surface area contributed by atoms with Crippen LogP contribution >= 0.6 is 0 Å². The smallest absolute Gasteiger partial charge is 0.222 e. The number of hydrogen-bond acceptors (Lipinski definition) is 3. The van der Waals surface area contributed by atoms with Crippen LogP contribution < -0.4 is 0 Å². The highest BCUT2D eigenvalue weighted by Gasteiger charge is 2.37. The van der Waals surface area contributed by atoms with Gasteiger partial charge in [0, 0.05) is 38.4 Å². The molecule has 2 aliphatic rings. The molecule has 1 aromatic heterocycles. The van der Waals surface area contributed by atoms with Gasteiger partial charge in [0.15, 0.2) is 0 Å². The Balaban J connectivity index is 1.32. The van der Waals surface area contributed by atoms with Crippen LogP contribution in [0.15, 0.2) is 48.8 Å². The number of aromatic nitrogens is 1. The molecule has 1 saturated heterocycles. The summed E-state index contributed by atoms with van der Waals surface area (Å²) in [5, 5.41) is 0. The van der Waals surface area contributed by atoms with Crippen molar-refractivity contribution in [3.63, 3.8) is 0 Å². The molecule has 166 valence electrons. The predicted octanol–water partition coefficient (Wildman–Crippen LogP) is 5.21. The van der Waals surface area contributed by atoms with Crippen LogP contribution in [0.25, 0.3) is 0 Å². The van der Waals surface area contributed by atoms with Gasteiger partial charge in [-0.05, 0) is 86.2 Å². The number of likely N-dealkylation sites (tertiary alicyclic amines) is 1. The maximum atomic E-state index is 13.1. The fraction of sp³-hybridized carbons (Fsp3) is 0.556. The predicted molar refractivity (Wildman–Crippen MR) is 125 cm³/mol. The average Bonchev–Trinajstić information content (AvgIpc) is 3.53. The van der Waals surface area contributed by atoms with Crippen molar-refractivity contribution >= 4 is 5.91 Å². The highest BCUT2D eigenvalue weighted by molar-refractivity contribution is 5.76. The lowest BCUT2D eigenvalue weighted by Gasteiger charge is -2.35. The molecule has 1 saturated carbocycles. The molecule has 2 aromatic rings. The molecule has 0 radical (unpaired) electrons. The Labute approximate surface area is 187 Å². The molecule has 1 aliphatic carbocycles. The molecule has 4 nitrogen and oxygen atoms in total. The van der Waals surface area contributed by atoms with Gasteiger partial charge in [-0.1, -0.05) is 37.3 Å². The normalized spacial score (nSPS) is 18.6. The minimum absolute atomic E-state index is 0.319. The first-order chi connectivity index (χ1) is 15.0. The summed E-state index contributed by atoms with van der Waals surface area (Å²) in [6.45, 7) is 9.35. The molecule has 0 N–H and O–H groups in total. The molecule has 31 heavy (non-hydrogen) atoms. The third kappa shape index (κ3) is 6.39. The summed E-state index contributed by atoms with van der Waals surface area (Å²) in [7, 11) is 0. The standard InChI is InChI=1S/C27H37N3O/c1-22-6-3-4-8-25(22)21-29-16-10-23(11-17-29)19-30(20-24-7-5-15-28-18-24)26(31)9-12-27(2)13-14-27/h3-8,15,18,23H,9-14,16-17,19-21H2,1-2H3. The summed E-state index contributed by atoms with van der Waals surface area (Å²) in [4.78, 5) is 22.1. The maximum absolute atomic E-state index is 13.1. The van der Waals surface area contributed by atoms with Crippen molar-refractivity contribution in [3.8, 4) is 0 Å². The van der Waals surface area contributed by atoms with E-state index in [9.17, 15) is 4.79 Å². The van der Waals surface area contributed by atoms with Gasteiger partial charge in [-0.2, -0.15) is 0 Å².